The van der Waals surface area contributed by atoms with E-state index in [2.05, 4.69) is 5.32 Å². The van der Waals surface area contributed by atoms with E-state index >= 15 is 0 Å². The number of rotatable bonds is 6. The van der Waals surface area contributed by atoms with Gasteiger partial charge in [0.25, 0.3) is 0 Å². The van der Waals surface area contributed by atoms with Crippen molar-refractivity contribution in [1.82, 2.24) is 4.31 Å². The van der Waals surface area contributed by atoms with Crippen LogP contribution < -0.4 is 11.1 Å². The quantitative estimate of drug-likeness (QED) is 0.826. The molecule has 0 radical (unpaired) electrons. The number of amides is 1. The van der Waals surface area contributed by atoms with E-state index in [1.165, 1.54) is 26.2 Å². The minimum absolute atomic E-state index is 0.128. The van der Waals surface area contributed by atoms with Crippen LogP contribution in [0.5, 0.6) is 0 Å². The van der Waals surface area contributed by atoms with Crippen molar-refractivity contribution in [2.24, 2.45) is 11.7 Å². The van der Waals surface area contributed by atoms with Crippen molar-refractivity contribution < 1.29 is 13.2 Å². The summed E-state index contributed by atoms with van der Waals surface area (Å²) in [5.41, 5.74) is 6.22. The Hall–Kier alpha value is -1.44. The first-order chi connectivity index (χ1) is 9.64. The fourth-order valence-corrected chi connectivity index (χ4v) is 2.74. The Morgan fingerprint density at radius 1 is 1.33 bits per heavy atom. The molecule has 0 aromatic heterocycles. The third-order valence-electron chi connectivity index (χ3n) is 2.94. The third-order valence-corrected chi connectivity index (χ3v) is 4.75. The number of carbonyl (C=O) groups is 1. The zero-order chi connectivity index (χ0) is 16.2. The first kappa shape index (κ1) is 17.6. The average Bonchev–Trinajstić information content (AvgIpc) is 2.37. The maximum atomic E-state index is 12.0. The Labute approximate surface area is 126 Å². The highest BCUT2D eigenvalue weighted by Crippen LogP contribution is 2.18. The van der Waals surface area contributed by atoms with Crippen molar-refractivity contribution in [2.75, 3.05) is 19.4 Å². The molecule has 1 aromatic rings. The fourth-order valence-electron chi connectivity index (χ4n) is 1.79. The molecule has 1 rings (SSSR count). The minimum atomic E-state index is -3.52. The summed E-state index contributed by atoms with van der Waals surface area (Å²) in [6.45, 7) is 3.97. The van der Waals surface area contributed by atoms with Crippen molar-refractivity contribution in [3.63, 3.8) is 0 Å². The minimum Gasteiger partial charge on any atom is -0.325 e. The number of hydrogen-bond acceptors (Lipinski definition) is 4. The molecule has 0 bridgehead atoms. The van der Waals surface area contributed by atoms with E-state index in [4.69, 9.17) is 5.73 Å². The molecule has 1 amide bonds. The topological polar surface area (TPSA) is 92.5 Å². The maximum Gasteiger partial charge on any atom is 0.242 e. The summed E-state index contributed by atoms with van der Waals surface area (Å²) in [6.07, 6.45) is 0.571. The Kier molecular flexibility index (Phi) is 5.88. The lowest BCUT2D eigenvalue weighted by atomic mass is 10.0. The number of carbonyl (C=O) groups excluding carboxylic acids is 1. The number of benzene rings is 1. The molecular weight excluding hydrogens is 290 g/mol. The van der Waals surface area contributed by atoms with Crippen LogP contribution in [0.25, 0.3) is 0 Å². The van der Waals surface area contributed by atoms with Gasteiger partial charge in [0.15, 0.2) is 0 Å². The van der Waals surface area contributed by atoms with Gasteiger partial charge in [-0.15, -0.1) is 0 Å². The van der Waals surface area contributed by atoms with Gasteiger partial charge in [-0.2, -0.15) is 0 Å². The van der Waals surface area contributed by atoms with E-state index in [9.17, 15) is 13.2 Å². The van der Waals surface area contributed by atoms with Gasteiger partial charge in [-0.05, 0) is 30.5 Å². The Bertz CT molecular complexity index is 597. The maximum absolute atomic E-state index is 12.0. The van der Waals surface area contributed by atoms with E-state index in [1.54, 1.807) is 12.1 Å². The normalized spacial score (nSPS) is 13.5. The molecule has 6 nitrogen and oxygen atoms in total. The number of sulfonamides is 1. The van der Waals surface area contributed by atoms with E-state index in [0.717, 1.165) is 4.31 Å². The van der Waals surface area contributed by atoms with Crippen LogP contribution >= 0.6 is 0 Å². The predicted molar refractivity (Wildman–Crippen MR) is 83.4 cm³/mol. The summed E-state index contributed by atoms with van der Waals surface area (Å²) in [7, 11) is -0.609. The Balaban J connectivity index is 2.90. The van der Waals surface area contributed by atoms with Crippen molar-refractivity contribution in [3.05, 3.63) is 24.3 Å². The molecule has 118 valence electrons. The van der Waals surface area contributed by atoms with E-state index in [-0.39, 0.29) is 10.8 Å². The number of hydrogen-bond donors (Lipinski definition) is 2. The molecule has 0 aliphatic rings. The molecule has 0 unspecified atom stereocenters. The van der Waals surface area contributed by atoms with Crippen LogP contribution in [0.1, 0.15) is 20.3 Å². The Morgan fingerprint density at radius 2 is 1.95 bits per heavy atom. The zero-order valence-electron chi connectivity index (χ0n) is 12.8. The van der Waals surface area contributed by atoms with Gasteiger partial charge in [0.2, 0.25) is 15.9 Å². The van der Waals surface area contributed by atoms with Gasteiger partial charge in [-0.1, -0.05) is 19.9 Å². The van der Waals surface area contributed by atoms with E-state index in [0.29, 0.717) is 18.0 Å². The molecule has 0 spiro atoms. The summed E-state index contributed by atoms with van der Waals surface area (Å²) in [5, 5.41) is 2.65. The second kappa shape index (κ2) is 7.02. The van der Waals surface area contributed by atoms with Crippen LogP contribution in [0.4, 0.5) is 5.69 Å². The molecule has 0 saturated carbocycles. The molecule has 0 fully saturated rings. The molecule has 0 aliphatic carbocycles. The van der Waals surface area contributed by atoms with Crippen LogP contribution in [-0.4, -0.2) is 38.8 Å². The van der Waals surface area contributed by atoms with Gasteiger partial charge in [-0.3, -0.25) is 4.79 Å². The fraction of sp³-hybridized carbons (Fsp3) is 0.500. The van der Waals surface area contributed by atoms with Crippen molar-refractivity contribution in [3.8, 4) is 0 Å². The molecule has 7 heteroatoms. The standard InChI is InChI=1S/C14H23N3O3S/c1-10(2)8-13(15)14(18)16-11-6-5-7-12(9-11)21(19,20)17(3)4/h5-7,9-10,13H,8,15H2,1-4H3,(H,16,18)/t13-/m0/s1. The second-order valence-electron chi connectivity index (χ2n) is 5.54. The van der Waals surface area contributed by atoms with Gasteiger partial charge in [0, 0.05) is 19.8 Å². The molecule has 0 heterocycles. The lowest BCUT2D eigenvalue weighted by molar-refractivity contribution is -0.117. The van der Waals surface area contributed by atoms with Gasteiger partial charge < -0.3 is 11.1 Å². The van der Waals surface area contributed by atoms with Crippen LogP contribution in [0.3, 0.4) is 0 Å². The van der Waals surface area contributed by atoms with Crippen LogP contribution in [0.2, 0.25) is 0 Å². The average molecular weight is 313 g/mol. The van der Waals surface area contributed by atoms with Gasteiger partial charge in [0.1, 0.15) is 0 Å². The first-order valence-corrected chi connectivity index (χ1v) is 8.17. The molecule has 0 aliphatic heterocycles. The smallest absolute Gasteiger partial charge is 0.242 e. The molecular formula is C14H23N3O3S. The lowest BCUT2D eigenvalue weighted by Crippen LogP contribution is -2.36. The van der Waals surface area contributed by atoms with Crippen molar-refractivity contribution in [2.45, 2.75) is 31.2 Å². The largest absolute Gasteiger partial charge is 0.325 e. The van der Waals surface area contributed by atoms with Crippen LogP contribution in [0, 0.1) is 5.92 Å². The second-order valence-corrected chi connectivity index (χ2v) is 7.69. The summed E-state index contributed by atoms with van der Waals surface area (Å²) in [4.78, 5) is 12.1. The summed E-state index contributed by atoms with van der Waals surface area (Å²) in [5.74, 6) is -0.00527. The van der Waals surface area contributed by atoms with Crippen molar-refractivity contribution in [1.29, 1.82) is 0 Å². The van der Waals surface area contributed by atoms with Gasteiger partial charge in [-0.25, -0.2) is 12.7 Å². The highest BCUT2D eigenvalue weighted by molar-refractivity contribution is 7.89. The number of nitrogens with two attached hydrogens (primary N) is 1. The van der Waals surface area contributed by atoms with E-state index < -0.39 is 16.1 Å². The number of anilines is 1. The summed E-state index contributed by atoms with van der Waals surface area (Å²) < 4.78 is 25.2. The van der Waals surface area contributed by atoms with Crippen LogP contribution in [-0.2, 0) is 14.8 Å². The number of nitrogens with one attached hydrogen (secondary N) is 1. The molecule has 1 aromatic carbocycles. The number of nitrogens with zero attached hydrogens (tertiary/aromatic N) is 1. The highest BCUT2D eigenvalue weighted by atomic mass is 32.2. The summed E-state index contributed by atoms with van der Waals surface area (Å²) in [6, 6.07) is 5.52. The van der Waals surface area contributed by atoms with Crippen molar-refractivity contribution >= 4 is 21.6 Å². The molecule has 3 N–H and O–H groups in total. The van der Waals surface area contributed by atoms with Gasteiger partial charge >= 0.3 is 0 Å². The lowest BCUT2D eigenvalue weighted by Gasteiger charge is -2.15. The molecule has 21 heavy (non-hydrogen) atoms. The molecule has 1 atom stereocenters. The summed E-state index contributed by atoms with van der Waals surface area (Å²) >= 11 is 0. The monoisotopic (exact) mass is 313 g/mol. The third kappa shape index (κ3) is 4.80. The first-order valence-electron chi connectivity index (χ1n) is 6.73. The predicted octanol–water partition coefficient (Wildman–Crippen LogP) is 1.25. The highest BCUT2D eigenvalue weighted by Gasteiger charge is 2.19. The SMILES string of the molecule is CC(C)C[C@H](N)C(=O)Nc1cccc(S(=O)(=O)N(C)C)c1. The Morgan fingerprint density at radius 3 is 2.48 bits per heavy atom. The van der Waals surface area contributed by atoms with E-state index in [1.807, 2.05) is 13.8 Å². The molecule has 0 saturated heterocycles. The van der Waals surface area contributed by atoms with Crippen LogP contribution in [0.15, 0.2) is 29.2 Å². The zero-order valence-corrected chi connectivity index (χ0v) is 13.6. The van der Waals surface area contributed by atoms with Gasteiger partial charge in [0.05, 0.1) is 10.9 Å².